The van der Waals surface area contributed by atoms with Gasteiger partial charge in [0.25, 0.3) is 0 Å². The van der Waals surface area contributed by atoms with Crippen LogP contribution in [-0.2, 0) is 0 Å². The first-order valence-electron chi connectivity index (χ1n) is 5.98. The molecule has 1 aromatic heterocycles. The van der Waals surface area contributed by atoms with E-state index in [9.17, 15) is 15.2 Å². The normalized spacial score (nSPS) is 10.6. The van der Waals surface area contributed by atoms with Gasteiger partial charge in [-0.1, -0.05) is 11.6 Å². The zero-order valence-electron chi connectivity index (χ0n) is 11.4. The number of nitrogens with one attached hydrogen (secondary N) is 1. The Morgan fingerprint density at radius 3 is 3.00 bits per heavy atom. The van der Waals surface area contributed by atoms with Crippen molar-refractivity contribution in [3.63, 3.8) is 0 Å². The number of hydrazone groups is 1. The number of phenolic OH excluding ortho intramolecular Hbond substituents is 1. The summed E-state index contributed by atoms with van der Waals surface area (Å²) in [5.41, 5.74) is 2.52. The van der Waals surface area contributed by atoms with Crippen LogP contribution in [0.5, 0.6) is 11.5 Å². The summed E-state index contributed by atoms with van der Waals surface area (Å²) in [6.07, 6.45) is 2.65. The van der Waals surface area contributed by atoms with E-state index in [1.165, 1.54) is 43.8 Å². The third kappa shape index (κ3) is 3.41. The van der Waals surface area contributed by atoms with Crippen molar-refractivity contribution in [3.05, 3.63) is 51.2 Å². The molecule has 0 spiro atoms. The zero-order valence-corrected chi connectivity index (χ0v) is 12.1. The summed E-state index contributed by atoms with van der Waals surface area (Å²) in [6.45, 7) is 0. The second-order valence-corrected chi connectivity index (χ2v) is 4.48. The van der Waals surface area contributed by atoms with Crippen LogP contribution in [0.3, 0.4) is 0 Å². The van der Waals surface area contributed by atoms with Gasteiger partial charge in [-0.2, -0.15) is 5.10 Å². The van der Waals surface area contributed by atoms with Crippen LogP contribution in [0.4, 0.5) is 11.5 Å². The van der Waals surface area contributed by atoms with E-state index in [-0.39, 0.29) is 28.6 Å². The molecule has 0 aliphatic rings. The Morgan fingerprint density at radius 1 is 1.55 bits per heavy atom. The van der Waals surface area contributed by atoms with E-state index in [0.717, 1.165) is 0 Å². The minimum atomic E-state index is -0.579. The van der Waals surface area contributed by atoms with Crippen molar-refractivity contribution in [2.75, 3.05) is 12.5 Å². The molecule has 0 atom stereocenters. The topological polar surface area (TPSA) is 110 Å². The maximum absolute atomic E-state index is 10.8. The van der Waals surface area contributed by atoms with Crippen molar-refractivity contribution < 1.29 is 14.8 Å². The zero-order chi connectivity index (χ0) is 16.1. The molecule has 0 saturated heterocycles. The van der Waals surface area contributed by atoms with Crippen molar-refractivity contribution in [2.45, 2.75) is 0 Å². The average molecular weight is 323 g/mol. The lowest BCUT2D eigenvalue weighted by Gasteiger charge is -2.06. The van der Waals surface area contributed by atoms with E-state index in [2.05, 4.69) is 15.5 Å². The van der Waals surface area contributed by atoms with Gasteiger partial charge in [-0.15, -0.1) is 0 Å². The van der Waals surface area contributed by atoms with Crippen LogP contribution in [0.25, 0.3) is 0 Å². The minimum Gasteiger partial charge on any atom is -0.504 e. The Morgan fingerprint density at radius 2 is 2.32 bits per heavy atom. The van der Waals surface area contributed by atoms with Crippen LogP contribution in [-0.4, -0.2) is 28.3 Å². The van der Waals surface area contributed by atoms with E-state index < -0.39 is 4.92 Å². The van der Waals surface area contributed by atoms with E-state index in [1.807, 2.05) is 0 Å². The number of hydrogen-bond acceptors (Lipinski definition) is 7. The van der Waals surface area contributed by atoms with Gasteiger partial charge in [-0.3, -0.25) is 15.5 Å². The van der Waals surface area contributed by atoms with Crippen LogP contribution in [0, 0.1) is 10.1 Å². The molecular weight excluding hydrogens is 312 g/mol. The largest absolute Gasteiger partial charge is 0.504 e. The molecular formula is C13H11ClN4O4. The molecule has 0 fully saturated rings. The molecule has 0 saturated carbocycles. The highest BCUT2D eigenvalue weighted by Gasteiger charge is 2.13. The number of hydrogen-bond donors (Lipinski definition) is 2. The third-order valence-electron chi connectivity index (χ3n) is 2.65. The molecule has 0 aliphatic carbocycles. The van der Waals surface area contributed by atoms with Crippen LogP contribution < -0.4 is 10.2 Å². The second kappa shape index (κ2) is 6.72. The Balaban J connectivity index is 2.24. The summed E-state index contributed by atoms with van der Waals surface area (Å²) in [4.78, 5) is 14.1. The Labute approximate surface area is 130 Å². The van der Waals surface area contributed by atoms with Crippen LogP contribution in [0.2, 0.25) is 5.02 Å². The van der Waals surface area contributed by atoms with Gasteiger partial charge in [0.1, 0.15) is 0 Å². The molecule has 8 nitrogen and oxygen atoms in total. The number of rotatable bonds is 5. The number of methoxy groups -OCH3 is 1. The summed E-state index contributed by atoms with van der Waals surface area (Å²) < 4.78 is 4.96. The van der Waals surface area contributed by atoms with Crippen molar-refractivity contribution in [1.29, 1.82) is 0 Å². The van der Waals surface area contributed by atoms with Crippen molar-refractivity contribution >= 4 is 29.3 Å². The number of pyridine rings is 1. The predicted octanol–water partition coefficient (Wildman–Crippen LogP) is 2.80. The lowest BCUT2D eigenvalue weighted by molar-refractivity contribution is -0.384. The minimum absolute atomic E-state index is 0.0165. The molecule has 2 N–H and O–H groups in total. The van der Waals surface area contributed by atoms with E-state index in [1.54, 1.807) is 0 Å². The highest BCUT2D eigenvalue weighted by Crippen LogP contribution is 2.32. The van der Waals surface area contributed by atoms with Gasteiger partial charge in [-0.25, -0.2) is 4.98 Å². The highest BCUT2D eigenvalue weighted by atomic mass is 35.5. The monoisotopic (exact) mass is 322 g/mol. The predicted molar refractivity (Wildman–Crippen MR) is 81.8 cm³/mol. The first kappa shape index (κ1) is 15.5. The SMILES string of the molecule is COc1cc(Cl)cc(/C=N\Nc2ncccc2[N+](=O)[O-])c1O. The molecule has 0 aliphatic heterocycles. The number of nitrogens with zero attached hydrogens (tertiary/aromatic N) is 3. The fourth-order valence-corrected chi connectivity index (χ4v) is 1.86. The molecule has 9 heteroatoms. The summed E-state index contributed by atoms with van der Waals surface area (Å²) in [6, 6.07) is 5.66. The third-order valence-corrected chi connectivity index (χ3v) is 2.86. The molecule has 0 amide bonds. The van der Waals surface area contributed by atoms with Gasteiger partial charge < -0.3 is 9.84 Å². The van der Waals surface area contributed by atoms with Crippen LogP contribution >= 0.6 is 11.6 Å². The fraction of sp³-hybridized carbons (Fsp3) is 0.0769. The molecule has 2 rings (SSSR count). The molecule has 0 radical (unpaired) electrons. The van der Waals surface area contributed by atoms with Crippen molar-refractivity contribution in [1.82, 2.24) is 4.98 Å². The number of halogens is 1. The number of ether oxygens (including phenoxy) is 1. The van der Waals surface area contributed by atoms with Gasteiger partial charge >= 0.3 is 5.69 Å². The quantitative estimate of drug-likeness (QED) is 0.497. The Kier molecular flexibility index (Phi) is 4.74. The highest BCUT2D eigenvalue weighted by molar-refractivity contribution is 6.31. The number of phenols is 1. The maximum atomic E-state index is 10.8. The van der Waals surface area contributed by atoms with Gasteiger partial charge in [-0.05, 0) is 12.1 Å². The molecule has 22 heavy (non-hydrogen) atoms. The standard InChI is InChI=1S/C13H11ClN4O4/c1-22-11-6-9(14)5-8(12(11)19)7-16-17-13-10(18(20)21)3-2-4-15-13/h2-7,19H,1H3,(H,15,17)/b16-7-. The van der Waals surface area contributed by atoms with E-state index >= 15 is 0 Å². The number of aromatic nitrogens is 1. The smallest absolute Gasteiger partial charge is 0.313 e. The number of nitro groups is 1. The first-order chi connectivity index (χ1) is 10.5. The molecule has 0 unspecified atom stereocenters. The summed E-state index contributed by atoms with van der Waals surface area (Å²) in [5.74, 6) is 0.0305. The van der Waals surface area contributed by atoms with Gasteiger partial charge in [0.2, 0.25) is 5.82 Å². The summed E-state index contributed by atoms with van der Waals surface area (Å²) >= 11 is 5.89. The molecule has 1 heterocycles. The Hall–Kier alpha value is -2.87. The molecule has 0 bridgehead atoms. The Bertz CT molecular complexity index is 736. The average Bonchev–Trinajstić information content (AvgIpc) is 2.50. The number of aromatic hydroxyl groups is 1. The molecule has 2 aromatic rings. The molecule has 114 valence electrons. The lowest BCUT2D eigenvalue weighted by Crippen LogP contribution is -1.99. The van der Waals surface area contributed by atoms with E-state index in [0.29, 0.717) is 5.02 Å². The lowest BCUT2D eigenvalue weighted by atomic mass is 10.2. The van der Waals surface area contributed by atoms with Crippen LogP contribution in [0.1, 0.15) is 5.56 Å². The summed E-state index contributed by atoms with van der Waals surface area (Å²) in [7, 11) is 1.39. The fourth-order valence-electron chi connectivity index (χ4n) is 1.64. The number of anilines is 1. The van der Waals surface area contributed by atoms with Gasteiger partial charge in [0.15, 0.2) is 11.5 Å². The van der Waals surface area contributed by atoms with Crippen LogP contribution in [0.15, 0.2) is 35.6 Å². The first-order valence-corrected chi connectivity index (χ1v) is 6.35. The number of benzene rings is 1. The van der Waals surface area contributed by atoms with Gasteiger partial charge in [0.05, 0.1) is 18.2 Å². The van der Waals surface area contributed by atoms with E-state index in [4.69, 9.17) is 16.3 Å². The van der Waals surface area contributed by atoms with Crippen molar-refractivity contribution in [2.24, 2.45) is 5.10 Å². The summed E-state index contributed by atoms with van der Waals surface area (Å²) in [5, 5.41) is 24.9. The maximum Gasteiger partial charge on any atom is 0.313 e. The van der Waals surface area contributed by atoms with Gasteiger partial charge in [0, 0.05) is 28.9 Å². The second-order valence-electron chi connectivity index (χ2n) is 4.04. The molecule has 1 aromatic carbocycles. The van der Waals surface area contributed by atoms with Crippen molar-refractivity contribution in [3.8, 4) is 11.5 Å².